The van der Waals surface area contributed by atoms with Gasteiger partial charge >= 0.3 is 0 Å². The van der Waals surface area contributed by atoms with E-state index >= 15 is 0 Å². The summed E-state index contributed by atoms with van der Waals surface area (Å²) >= 11 is 0. The van der Waals surface area contributed by atoms with Crippen LogP contribution < -0.4 is 10.1 Å². The number of hydrogen-bond acceptors (Lipinski definition) is 3. The maximum Gasteiger partial charge on any atom is 0.261 e. The van der Waals surface area contributed by atoms with Gasteiger partial charge in [0.1, 0.15) is 5.75 Å². The van der Waals surface area contributed by atoms with Gasteiger partial charge in [-0.05, 0) is 32.3 Å². The van der Waals surface area contributed by atoms with Gasteiger partial charge in [-0.3, -0.25) is 4.79 Å². The minimum atomic E-state index is -0.602. The Labute approximate surface area is 107 Å². The second-order valence-corrected chi connectivity index (χ2v) is 4.61. The summed E-state index contributed by atoms with van der Waals surface area (Å²) in [5, 5.41) is 12.5. The third kappa shape index (κ3) is 3.01. The van der Waals surface area contributed by atoms with Gasteiger partial charge in [0.2, 0.25) is 0 Å². The third-order valence-electron chi connectivity index (χ3n) is 3.12. The minimum absolute atomic E-state index is 0.0621. The van der Waals surface area contributed by atoms with Gasteiger partial charge in [-0.15, -0.1) is 0 Å². The van der Waals surface area contributed by atoms with Crippen molar-refractivity contribution in [1.29, 1.82) is 0 Å². The lowest BCUT2D eigenvalue weighted by atomic mass is 10.1. The summed E-state index contributed by atoms with van der Waals surface area (Å²) in [7, 11) is 0. The van der Waals surface area contributed by atoms with Crippen LogP contribution in [0.15, 0.2) is 24.3 Å². The van der Waals surface area contributed by atoms with Crippen LogP contribution in [-0.2, 0) is 4.79 Å². The van der Waals surface area contributed by atoms with Crippen molar-refractivity contribution in [3.05, 3.63) is 29.8 Å². The molecule has 2 N–H and O–H groups in total. The first-order chi connectivity index (χ1) is 8.68. The Balaban J connectivity index is 2.15. The normalized spacial score (nSPS) is 21.9. The number of amides is 1. The van der Waals surface area contributed by atoms with Crippen molar-refractivity contribution in [3.8, 4) is 5.75 Å². The molecule has 2 atom stereocenters. The molecular weight excluding hydrogens is 230 g/mol. The standard InChI is InChI=1S/C14H19NO3/c1-10(16)11-6-2-3-7-12(11)18-13-8-4-5-9-15-14(13)17/h2-3,6-7,10,13,16H,4-5,8-9H2,1H3,(H,15,17)/t10-,13?/m1/s1. The predicted molar refractivity (Wildman–Crippen MR) is 68.4 cm³/mol. The van der Waals surface area contributed by atoms with Crippen molar-refractivity contribution in [1.82, 2.24) is 5.32 Å². The van der Waals surface area contributed by atoms with Crippen molar-refractivity contribution < 1.29 is 14.6 Å². The molecule has 4 nitrogen and oxygen atoms in total. The smallest absolute Gasteiger partial charge is 0.261 e. The van der Waals surface area contributed by atoms with Crippen LogP contribution in [0.25, 0.3) is 0 Å². The van der Waals surface area contributed by atoms with E-state index in [0.717, 1.165) is 31.4 Å². The molecule has 0 bridgehead atoms. The molecule has 1 amide bonds. The molecule has 1 aromatic rings. The number of rotatable bonds is 3. The molecule has 1 heterocycles. The fraction of sp³-hybridized carbons (Fsp3) is 0.500. The van der Waals surface area contributed by atoms with E-state index in [0.29, 0.717) is 5.75 Å². The molecular formula is C14H19NO3. The van der Waals surface area contributed by atoms with Crippen LogP contribution in [-0.4, -0.2) is 23.7 Å². The van der Waals surface area contributed by atoms with Crippen LogP contribution in [0.1, 0.15) is 37.9 Å². The number of ether oxygens (including phenoxy) is 1. The highest BCUT2D eigenvalue weighted by Crippen LogP contribution is 2.26. The highest BCUT2D eigenvalue weighted by atomic mass is 16.5. The summed E-state index contributed by atoms with van der Waals surface area (Å²) in [5.74, 6) is 0.530. The molecule has 2 rings (SSSR count). The molecule has 0 saturated carbocycles. The van der Waals surface area contributed by atoms with Crippen LogP contribution in [0.5, 0.6) is 5.75 Å². The molecule has 1 saturated heterocycles. The van der Waals surface area contributed by atoms with Crippen LogP contribution in [0.4, 0.5) is 0 Å². The number of aliphatic hydroxyl groups excluding tert-OH is 1. The summed E-state index contributed by atoms with van der Waals surface area (Å²) in [6.45, 7) is 2.41. The molecule has 0 radical (unpaired) electrons. The van der Waals surface area contributed by atoms with Gasteiger partial charge in [0, 0.05) is 12.1 Å². The summed E-state index contributed by atoms with van der Waals surface area (Å²) < 4.78 is 5.77. The molecule has 4 heteroatoms. The van der Waals surface area contributed by atoms with E-state index in [-0.39, 0.29) is 5.91 Å². The SMILES string of the molecule is C[C@@H](O)c1ccccc1OC1CCCCNC1=O. The molecule has 0 spiro atoms. The lowest BCUT2D eigenvalue weighted by molar-refractivity contribution is -0.127. The molecule has 1 aromatic carbocycles. The predicted octanol–water partition coefficient (Wildman–Crippen LogP) is 1.79. The number of benzene rings is 1. The van der Waals surface area contributed by atoms with E-state index in [4.69, 9.17) is 4.74 Å². The summed E-state index contributed by atoms with van der Waals surface area (Å²) in [4.78, 5) is 11.8. The maximum atomic E-state index is 11.8. The maximum absolute atomic E-state index is 11.8. The second kappa shape index (κ2) is 5.87. The number of aliphatic hydroxyl groups is 1. The number of nitrogens with one attached hydrogen (secondary N) is 1. The first-order valence-electron chi connectivity index (χ1n) is 6.40. The van der Waals surface area contributed by atoms with E-state index in [2.05, 4.69) is 5.32 Å². The first-order valence-corrected chi connectivity index (χ1v) is 6.40. The second-order valence-electron chi connectivity index (χ2n) is 4.61. The van der Waals surface area contributed by atoms with Gasteiger partial charge in [0.15, 0.2) is 6.10 Å². The Morgan fingerprint density at radius 3 is 2.94 bits per heavy atom. The molecule has 0 aliphatic carbocycles. The molecule has 0 aromatic heterocycles. The largest absolute Gasteiger partial charge is 0.480 e. The highest BCUT2D eigenvalue weighted by molar-refractivity contribution is 5.81. The number of carbonyl (C=O) groups excluding carboxylic acids is 1. The third-order valence-corrected chi connectivity index (χ3v) is 3.12. The van der Waals surface area contributed by atoms with Gasteiger partial charge in [-0.25, -0.2) is 0 Å². The van der Waals surface area contributed by atoms with Crippen LogP contribution >= 0.6 is 0 Å². The van der Waals surface area contributed by atoms with Crippen molar-refractivity contribution >= 4 is 5.91 Å². The first kappa shape index (κ1) is 12.9. The summed E-state index contributed by atoms with van der Waals surface area (Å²) in [6, 6.07) is 7.30. The van der Waals surface area contributed by atoms with Crippen LogP contribution in [0.3, 0.4) is 0 Å². The molecule has 18 heavy (non-hydrogen) atoms. The van der Waals surface area contributed by atoms with Crippen LogP contribution in [0, 0.1) is 0 Å². The van der Waals surface area contributed by atoms with E-state index in [1.54, 1.807) is 13.0 Å². The fourth-order valence-electron chi connectivity index (χ4n) is 2.11. The summed E-state index contributed by atoms with van der Waals surface area (Å²) in [5.41, 5.74) is 0.717. The Bertz CT molecular complexity index is 417. The Morgan fingerprint density at radius 1 is 1.39 bits per heavy atom. The Hall–Kier alpha value is -1.55. The van der Waals surface area contributed by atoms with Crippen molar-refractivity contribution in [3.63, 3.8) is 0 Å². The number of para-hydroxylation sites is 1. The van der Waals surface area contributed by atoms with Crippen molar-refractivity contribution in [2.45, 2.75) is 38.4 Å². The number of carbonyl (C=O) groups is 1. The molecule has 98 valence electrons. The van der Waals surface area contributed by atoms with Gasteiger partial charge in [-0.1, -0.05) is 18.2 Å². The van der Waals surface area contributed by atoms with Gasteiger partial charge in [0.25, 0.3) is 5.91 Å². The minimum Gasteiger partial charge on any atom is -0.480 e. The van der Waals surface area contributed by atoms with Crippen molar-refractivity contribution in [2.24, 2.45) is 0 Å². The van der Waals surface area contributed by atoms with Gasteiger partial charge in [-0.2, -0.15) is 0 Å². The molecule has 1 aliphatic heterocycles. The lowest BCUT2D eigenvalue weighted by Gasteiger charge is -2.19. The monoisotopic (exact) mass is 249 g/mol. The average molecular weight is 249 g/mol. The highest BCUT2D eigenvalue weighted by Gasteiger charge is 2.23. The quantitative estimate of drug-likeness (QED) is 0.858. The topological polar surface area (TPSA) is 58.6 Å². The Kier molecular flexibility index (Phi) is 4.20. The van der Waals surface area contributed by atoms with Gasteiger partial charge < -0.3 is 15.2 Å². The van der Waals surface area contributed by atoms with E-state index < -0.39 is 12.2 Å². The zero-order valence-corrected chi connectivity index (χ0v) is 10.6. The molecule has 1 fully saturated rings. The fourth-order valence-corrected chi connectivity index (χ4v) is 2.11. The molecule has 1 unspecified atom stereocenters. The molecule has 1 aliphatic rings. The number of hydrogen-bond donors (Lipinski definition) is 2. The van der Waals surface area contributed by atoms with E-state index in [1.807, 2.05) is 18.2 Å². The zero-order valence-electron chi connectivity index (χ0n) is 10.6. The van der Waals surface area contributed by atoms with E-state index in [1.165, 1.54) is 0 Å². The van der Waals surface area contributed by atoms with E-state index in [9.17, 15) is 9.90 Å². The average Bonchev–Trinajstić information content (AvgIpc) is 2.55. The Morgan fingerprint density at radius 2 is 2.17 bits per heavy atom. The van der Waals surface area contributed by atoms with Crippen molar-refractivity contribution in [2.75, 3.05) is 6.54 Å². The summed E-state index contributed by atoms with van der Waals surface area (Å²) in [6.07, 6.45) is 1.63. The van der Waals surface area contributed by atoms with Gasteiger partial charge in [0.05, 0.1) is 6.10 Å². The zero-order chi connectivity index (χ0) is 13.0. The lowest BCUT2D eigenvalue weighted by Crippen LogP contribution is -2.36. The van der Waals surface area contributed by atoms with Crippen LogP contribution in [0.2, 0.25) is 0 Å².